The highest BCUT2D eigenvalue weighted by molar-refractivity contribution is 7.47. The maximum atomic E-state index is 13.1. The smallest absolute Gasteiger partial charge is 0.462 e. The van der Waals surface area contributed by atoms with Crippen molar-refractivity contribution < 1.29 is 80.2 Å². The van der Waals surface area contributed by atoms with Crippen molar-refractivity contribution in [2.75, 3.05) is 39.6 Å². The average molecular weight is 1490 g/mol. The van der Waals surface area contributed by atoms with Gasteiger partial charge in [-0.1, -0.05) is 394 Å². The van der Waals surface area contributed by atoms with Crippen LogP contribution in [-0.2, 0) is 65.4 Å². The van der Waals surface area contributed by atoms with Crippen LogP contribution in [0.5, 0.6) is 0 Å². The molecule has 606 valence electrons. The van der Waals surface area contributed by atoms with E-state index in [1.807, 2.05) is 0 Å². The molecule has 0 aliphatic carbocycles. The van der Waals surface area contributed by atoms with Gasteiger partial charge in [0.2, 0.25) is 0 Å². The van der Waals surface area contributed by atoms with E-state index in [2.05, 4.69) is 34.6 Å². The first-order chi connectivity index (χ1) is 49.5. The van der Waals surface area contributed by atoms with Crippen LogP contribution < -0.4 is 0 Å². The summed E-state index contributed by atoms with van der Waals surface area (Å²) in [5.74, 6) is -1.34. The lowest BCUT2D eigenvalue weighted by Crippen LogP contribution is -2.30. The molecule has 102 heavy (non-hydrogen) atoms. The SMILES string of the molecule is CCCCCCCCCCCCCCCCCCCCCCCC(=O)O[C@H](COC(=O)CCCCCCCCCCCCCCCC)COP(=O)(O)OC[C@@H](O)COP(=O)(O)OC[C@@H](COC(=O)CCCCCCCCCCCCC(C)C)OC(=O)CCCCCCCCCCCCCCCC. The molecular weight excluding hydrogens is 1330 g/mol. The summed E-state index contributed by atoms with van der Waals surface area (Å²) < 4.78 is 68.8. The molecule has 0 rings (SSSR count). The van der Waals surface area contributed by atoms with Crippen molar-refractivity contribution in [3.8, 4) is 0 Å². The fourth-order valence-corrected chi connectivity index (χ4v) is 14.5. The Hall–Kier alpha value is -1.94. The molecule has 0 aliphatic heterocycles. The number of rotatable bonds is 83. The van der Waals surface area contributed by atoms with Gasteiger partial charge in [-0.3, -0.25) is 37.3 Å². The summed E-state index contributed by atoms with van der Waals surface area (Å²) in [4.78, 5) is 73.1. The Bertz CT molecular complexity index is 1940. The van der Waals surface area contributed by atoms with Gasteiger partial charge < -0.3 is 33.8 Å². The molecule has 0 radical (unpaired) electrons. The molecule has 0 amide bonds. The Morgan fingerprint density at radius 1 is 0.265 bits per heavy atom. The van der Waals surface area contributed by atoms with Gasteiger partial charge in [-0.05, 0) is 31.6 Å². The monoisotopic (exact) mass is 1490 g/mol. The van der Waals surface area contributed by atoms with E-state index >= 15 is 0 Å². The van der Waals surface area contributed by atoms with Crippen LogP contribution in [-0.4, -0.2) is 96.7 Å². The molecule has 17 nitrogen and oxygen atoms in total. The first-order valence-electron chi connectivity index (χ1n) is 43.1. The normalized spacial score (nSPS) is 13.8. The number of phosphoric ester groups is 2. The number of esters is 4. The zero-order valence-electron chi connectivity index (χ0n) is 66.8. The van der Waals surface area contributed by atoms with Crippen molar-refractivity contribution in [1.29, 1.82) is 0 Å². The van der Waals surface area contributed by atoms with Crippen LogP contribution in [0.15, 0.2) is 0 Å². The number of hydrogen-bond acceptors (Lipinski definition) is 15. The second-order valence-electron chi connectivity index (χ2n) is 30.3. The average Bonchev–Trinajstić information content (AvgIpc) is 0.913. The largest absolute Gasteiger partial charge is 0.472 e. The first-order valence-corrected chi connectivity index (χ1v) is 46.1. The summed E-state index contributed by atoms with van der Waals surface area (Å²) in [7, 11) is -9.92. The third kappa shape index (κ3) is 76.3. The van der Waals surface area contributed by atoms with Gasteiger partial charge in [-0.15, -0.1) is 0 Å². The van der Waals surface area contributed by atoms with Crippen LogP contribution in [0.4, 0.5) is 0 Å². The Balaban J connectivity index is 5.24. The summed E-state index contributed by atoms with van der Waals surface area (Å²) >= 11 is 0. The van der Waals surface area contributed by atoms with Gasteiger partial charge >= 0.3 is 39.5 Å². The van der Waals surface area contributed by atoms with Crippen molar-refractivity contribution >= 4 is 39.5 Å². The Labute approximate surface area is 626 Å². The molecule has 0 bridgehead atoms. The predicted octanol–water partition coefficient (Wildman–Crippen LogP) is 25.2. The lowest BCUT2D eigenvalue weighted by atomic mass is 10.0. The van der Waals surface area contributed by atoms with Crippen LogP contribution in [0.2, 0.25) is 0 Å². The lowest BCUT2D eigenvalue weighted by molar-refractivity contribution is -0.161. The zero-order valence-corrected chi connectivity index (χ0v) is 68.5. The minimum Gasteiger partial charge on any atom is -0.462 e. The fraction of sp³-hybridized carbons (Fsp3) is 0.952. The van der Waals surface area contributed by atoms with Crippen molar-refractivity contribution in [2.45, 2.75) is 464 Å². The molecule has 0 fully saturated rings. The third-order valence-electron chi connectivity index (χ3n) is 19.5. The number of carbonyl (C=O) groups excluding carboxylic acids is 4. The van der Waals surface area contributed by atoms with E-state index in [-0.39, 0.29) is 25.7 Å². The van der Waals surface area contributed by atoms with E-state index in [0.717, 1.165) is 95.8 Å². The molecule has 19 heteroatoms. The molecule has 0 spiro atoms. The second-order valence-corrected chi connectivity index (χ2v) is 33.3. The number of aliphatic hydroxyl groups is 1. The molecule has 3 N–H and O–H groups in total. The lowest BCUT2D eigenvalue weighted by Gasteiger charge is -2.21. The molecule has 0 aromatic heterocycles. The zero-order chi connectivity index (χ0) is 74.8. The van der Waals surface area contributed by atoms with E-state index in [1.165, 1.54) is 270 Å². The molecule has 0 aliphatic rings. The highest BCUT2D eigenvalue weighted by Crippen LogP contribution is 2.45. The van der Waals surface area contributed by atoms with Gasteiger partial charge in [0, 0.05) is 25.7 Å². The summed E-state index contributed by atoms with van der Waals surface area (Å²) in [5, 5.41) is 10.7. The van der Waals surface area contributed by atoms with Crippen LogP contribution in [0.25, 0.3) is 0 Å². The van der Waals surface area contributed by atoms with Crippen LogP contribution in [0.3, 0.4) is 0 Å². The topological polar surface area (TPSA) is 237 Å². The molecule has 5 atom stereocenters. The molecule has 0 aromatic carbocycles. The minimum absolute atomic E-state index is 0.108. The summed E-state index contributed by atoms with van der Waals surface area (Å²) in [5.41, 5.74) is 0. The number of ether oxygens (including phenoxy) is 4. The summed E-state index contributed by atoms with van der Waals surface area (Å²) in [6.45, 7) is 7.34. The van der Waals surface area contributed by atoms with Crippen LogP contribution >= 0.6 is 15.6 Å². The molecule has 0 heterocycles. The van der Waals surface area contributed by atoms with Crippen molar-refractivity contribution in [3.63, 3.8) is 0 Å². The van der Waals surface area contributed by atoms with Crippen LogP contribution in [0.1, 0.15) is 446 Å². The third-order valence-corrected chi connectivity index (χ3v) is 21.4. The molecule has 0 saturated heterocycles. The Morgan fingerprint density at radius 2 is 0.451 bits per heavy atom. The van der Waals surface area contributed by atoms with Crippen LogP contribution in [0, 0.1) is 5.92 Å². The Morgan fingerprint density at radius 3 is 0.667 bits per heavy atom. The van der Waals surface area contributed by atoms with Crippen molar-refractivity contribution in [2.24, 2.45) is 5.92 Å². The number of carbonyl (C=O) groups is 4. The standard InChI is InChI=1S/C83H162O17P2/c1-6-9-12-15-18-21-24-27-30-31-32-33-34-35-36-39-42-49-54-59-64-69-83(88)99-78(72-93-80(85)66-61-56-51-46-40-37-28-25-22-19-16-13-10-7-2)74-97-101(89,90)95-70-77(84)71-96-102(91,92)98-75-79(73-94-81(86)67-62-57-52-47-44-43-45-50-55-60-65-76(4)5)100-82(87)68-63-58-53-48-41-38-29-26-23-20-17-14-11-8-3/h76-79,84H,6-75H2,1-5H3,(H,89,90)(H,91,92)/t77-,78-,79-/m1/s1. The van der Waals surface area contributed by atoms with E-state index in [1.54, 1.807) is 0 Å². The molecular formula is C83H162O17P2. The van der Waals surface area contributed by atoms with Gasteiger partial charge in [0.05, 0.1) is 26.4 Å². The number of phosphoric acid groups is 2. The Kier molecular flexibility index (Phi) is 74.4. The van der Waals surface area contributed by atoms with E-state index in [9.17, 15) is 43.2 Å². The van der Waals surface area contributed by atoms with Gasteiger partial charge in [0.25, 0.3) is 0 Å². The maximum absolute atomic E-state index is 13.1. The van der Waals surface area contributed by atoms with Gasteiger partial charge in [-0.2, -0.15) is 0 Å². The molecule has 2 unspecified atom stereocenters. The number of hydrogen-bond donors (Lipinski definition) is 3. The highest BCUT2D eigenvalue weighted by Gasteiger charge is 2.30. The van der Waals surface area contributed by atoms with Gasteiger partial charge in [0.1, 0.15) is 19.3 Å². The minimum atomic E-state index is -4.96. The predicted molar refractivity (Wildman–Crippen MR) is 418 cm³/mol. The van der Waals surface area contributed by atoms with Gasteiger partial charge in [-0.25, -0.2) is 9.13 Å². The molecule has 0 aromatic rings. The highest BCUT2D eigenvalue weighted by atomic mass is 31.2. The maximum Gasteiger partial charge on any atom is 0.472 e. The fourth-order valence-electron chi connectivity index (χ4n) is 12.9. The first kappa shape index (κ1) is 100. The van der Waals surface area contributed by atoms with E-state index < -0.39 is 97.5 Å². The van der Waals surface area contributed by atoms with Crippen molar-refractivity contribution in [3.05, 3.63) is 0 Å². The number of aliphatic hydroxyl groups excluding tert-OH is 1. The molecule has 0 saturated carbocycles. The summed E-state index contributed by atoms with van der Waals surface area (Å²) in [6.07, 6.45) is 67.9. The number of unbranched alkanes of at least 4 members (excludes halogenated alkanes) is 55. The second kappa shape index (κ2) is 75.9. The van der Waals surface area contributed by atoms with Gasteiger partial charge in [0.15, 0.2) is 12.2 Å². The van der Waals surface area contributed by atoms with E-state index in [0.29, 0.717) is 25.7 Å². The van der Waals surface area contributed by atoms with E-state index in [4.69, 9.17) is 37.0 Å². The van der Waals surface area contributed by atoms with Crippen molar-refractivity contribution in [1.82, 2.24) is 0 Å². The summed E-state index contributed by atoms with van der Waals surface area (Å²) in [6, 6.07) is 0. The quantitative estimate of drug-likeness (QED) is 0.0222.